The number of carbonyl (C=O) groups is 1. The molecule has 1 saturated heterocycles. The van der Waals surface area contributed by atoms with Crippen LogP contribution in [0, 0.1) is 0 Å². The molecule has 1 fully saturated rings. The second-order valence-electron chi connectivity index (χ2n) is 5.44. The Bertz CT molecular complexity index is 387. The third kappa shape index (κ3) is 3.18. The van der Waals surface area contributed by atoms with Gasteiger partial charge in [-0.25, -0.2) is 4.79 Å². The molecule has 5 nitrogen and oxygen atoms in total. The summed E-state index contributed by atoms with van der Waals surface area (Å²) in [5, 5.41) is 0. The summed E-state index contributed by atoms with van der Waals surface area (Å²) in [5.41, 5.74) is 0.637. The van der Waals surface area contributed by atoms with Crippen LogP contribution in [0.3, 0.4) is 0 Å². The average Bonchev–Trinajstić information content (AvgIpc) is 2.80. The van der Waals surface area contributed by atoms with Crippen molar-refractivity contribution in [1.29, 1.82) is 0 Å². The van der Waals surface area contributed by atoms with Crippen molar-refractivity contribution >= 4 is 11.8 Å². The van der Waals surface area contributed by atoms with Crippen LogP contribution >= 0.6 is 0 Å². The maximum atomic E-state index is 11.9. The number of ether oxygens (including phenoxy) is 1. The van der Waals surface area contributed by atoms with Crippen LogP contribution in [0.5, 0.6) is 0 Å². The maximum Gasteiger partial charge on any atom is 0.410 e. The summed E-state index contributed by atoms with van der Waals surface area (Å²) in [4.78, 5) is 15.8. The predicted octanol–water partition coefficient (Wildman–Crippen LogP) is 2.34. The summed E-state index contributed by atoms with van der Waals surface area (Å²) in [6.45, 7) is 8.61. The molecule has 0 N–H and O–H groups in total. The van der Waals surface area contributed by atoms with Gasteiger partial charge in [-0.15, -0.1) is 0 Å². The van der Waals surface area contributed by atoms with E-state index in [9.17, 15) is 4.79 Å². The first-order chi connectivity index (χ1) is 8.46. The van der Waals surface area contributed by atoms with Crippen molar-refractivity contribution in [2.24, 2.45) is 0 Å². The molecule has 1 aliphatic rings. The molecule has 1 aliphatic heterocycles. The lowest BCUT2D eigenvalue weighted by Gasteiger charge is -2.36. The third-order valence-corrected chi connectivity index (χ3v) is 2.80. The Hall–Kier alpha value is -1.65. The fraction of sp³-hybridized carbons (Fsp3) is 0.615. The smallest absolute Gasteiger partial charge is 0.410 e. The van der Waals surface area contributed by atoms with E-state index in [1.165, 1.54) is 0 Å². The van der Waals surface area contributed by atoms with E-state index in [-0.39, 0.29) is 6.09 Å². The van der Waals surface area contributed by atoms with Crippen LogP contribution in [0.2, 0.25) is 0 Å². The lowest BCUT2D eigenvalue weighted by atomic mass is 10.2. The molecule has 0 saturated carbocycles. The molecule has 0 atom stereocenters. The van der Waals surface area contributed by atoms with Crippen LogP contribution in [-0.2, 0) is 4.74 Å². The van der Waals surface area contributed by atoms with E-state index in [0.717, 1.165) is 18.8 Å². The van der Waals surface area contributed by atoms with Gasteiger partial charge in [0.25, 0.3) is 0 Å². The van der Waals surface area contributed by atoms with Gasteiger partial charge in [0.1, 0.15) is 11.9 Å². The molecule has 0 radical (unpaired) electrons. The van der Waals surface area contributed by atoms with E-state index < -0.39 is 5.60 Å². The molecule has 1 amide bonds. The summed E-state index contributed by atoms with van der Waals surface area (Å²) in [6.07, 6.45) is 3.16. The van der Waals surface area contributed by atoms with Gasteiger partial charge in [-0.2, -0.15) is 0 Å². The number of anilines is 1. The molecule has 1 aromatic heterocycles. The quantitative estimate of drug-likeness (QED) is 0.769. The second-order valence-corrected chi connectivity index (χ2v) is 5.44. The highest BCUT2D eigenvalue weighted by Gasteiger charge is 2.26. The Kier molecular flexibility index (Phi) is 3.50. The van der Waals surface area contributed by atoms with Crippen LogP contribution in [0.4, 0.5) is 10.5 Å². The highest BCUT2D eigenvalue weighted by molar-refractivity contribution is 5.68. The Morgan fingerprint density at radius 3 is 2.44 bits per heavy atom. The van der Waals surface area contributed by atoms with Crippen molar-refractivity contribution in [3.8, 4) is 0 Å². The van der Waals surface area contributed by atoms with E-state index in [4.69, 9.17) is 9.15 Å². The number of nitrogens with zero attached hydrogens (tertiary/aromatic N) is 2. The zero-order valence-electron chi connectivity index (χ0n) is 11.2. The van der Waals surface area contributed by atoms with E-state index in [0.29, 0.717) is 13.1 Å². The van der Waals surface area contributed by atoms with E-state index in [2.05, 4.69) is 4.90 Å². The summed E-state index contributed by atoms with van der Waals surface area (Å²) in [5.74, 6) is 0. The number of hydrogen-bond acceptors (Lipinski definition) is 4. The topological polar surface area (TPSA) is 45.9 Å². The molecular formula is C13H20N2O3. The summed E-state index contributed by atoms with van der Waals surface area (Å²) in [7, 11) is 0. The van der Waals surface area contributed by atoms with Crippen molar-refractivity contribution in [3.63, 3.8) is 0 Å². The Morgan fingerprint density at radius 1 is 1.28 bits per heavy atom. The zero-order valence-corrected chi connectivity index (χ0v) is 11.2. The van der Waals surface area contributed by atoms with E-state index >= 15 is 0 Å². The molecule has 18 heavy (non-hydrogen) atoms. The fourth-order valence-electron chi connectivity index (χ4n) is 1.91. The second kappa shape index (κ2) is 4.92. The highest BCUT2D eigenvalue weighted by atomic mass is 16.6. The van der Waals surface area contributed by atoms with Gasteiger partial charge < -0.3 is 19.0 Å². The third-order valence-electron chi connectivity index (χ3n) is 2.80. The first-order valence-corrected chi connectivity index (χ1v) is 6.21. The molecular weight excluding hydrogens is 232 g/mol. The Labute approximate surface area is 107 Å². The SMILES string of the molecule is CC(C)(C)OC(=O)N1CCN(c2ccoc2)CC1. The Balaban J connectivity index is 1.85. The lowest BCUT2D eigenvalue weighted by Crippen LogP contribution is -2.50. The average molecular weight is 252 g/mol. The van der Waals surface area contributed by atoms with Crippen molar-refractivity contribution in [1.82, 2.24) is 4.90 Å². The van der Waals surface area contributed by atoms with Crippen molar-refractivity contribution in [3.05, 3.63) is 18.6 Å². The minimum Gasteiger partial charge on any atom is -0.470 e. The fourth-order valence-corrected chi connectivity index (χ4v) is 1.91. The molecule has 0 aliphatic carbocycles. The first-order valence-electron chi connectivity index (χ1n) is 6.21. The van der Waals surface area contributed by atoms with Gasteiger partial charge in [0.2, 0.25) is 0 Å². The molecule has 0 spiro atoms. The summed E-state index contributed by atoms with van der Waals surface area (Å²) < 4.78 is 10.4. The van der Waals surface area contributed by atoms with Crippen LogP contribution < -0.4 is 4.90 Å². The minimum absolute atomic E-state index is 0.227. The number of piperazine rings is 1. The summed E-state index contributed by atoms with van der Waals surface area (Å²) in [6, 6.07) is 1.93. The van der Waals surface area contributed by atoms with Gasteiger partial charge in [0, 0.05) is 26.2 Å². The molecule has 2 heterocycles. The normalized spacial score (nSPS) is 16.8. The number of rotatable bonds is 1. The lowest BCUT2D eigenvalue weighted by molar-refractivity contribution is 0.0240. The van der Waals surface area contributed by atoms with Crippen molar-refractivity contribution < 1.29 is 13.9 Å². The summed E-state index contributed by atoms with van der Waals surface area (Å²) >= 11 is 0. The van der Waals surface area contributed by atoms with Gasteiger partial charge in [0.05, 0.1) is 12.0 Å². The van der Waals surface area contributed by atoms with Gasteiger partial charge in [0.15, 0.2) is 0 Å². The maximum absolute atomic E-state index is 11.9. The number of carbonyl (C=O) groups excluding carboxylic acids is 1. The van der Waals surface area contributed by atoms with Crippen LogP contribution in [-0.4, -0.2) is 42.8 Å². The van der Waals surface area contributed by atoms with Gasteiger partial charge in [-0.1, -0.05) is 0 Å². The van der Waals surface area contributed by atoms with Crippen LogP contribution in [0.25, 0.3) is 0 Å². The van der Waals surface area contributed by atoms with Gasteiger partial charge in [-0.05, 0) is 26.8 Å². The number of hydrogen-bond donors (Lipinski definition) is 0. The Morgan fingerprint density at radius 2 is 1.94 bits per heavy atom. The van der Waals surface area contributed by atoms with E-state index in [1.54, 1.807) is 17.4 Å². The first kappa shape index (κ1) is 12.8. The standard InChI is InChI=1S/C13H20N2O3/c1-13(2,3)18-12(16)15-7-5-14(6-8-15)11-4-9-17-10-11/h4,9-10H,5-8H2,1-3H3. The molecule has 1 aromatic rings. The molecule has 100 valence electrons. The van der Waals surface area contributed by atoms with Gasteiger partial charge >= 0.3 is 6.09 Å². The van der Waals surface area contributed by atoms with Crippen LogP contribution in [0.15, 0.2) is 23.0 Å². The number of furan rings is 1. The van der Waals surface area contributed by atoms with Gasteiger partial charge in [-0.3, -0.25) is 0 Å². The zero-order chi connectivity index (χ0) is 13.2. The van der Waals surface area contributed by atoms with E-state index in [1.807, 2.05) is 26.8 Å². The minimum atomic E-state index is -0.432. The predicted molar refractivity (Wildman–Crippen MR) is 68.7 cm³/mol. The number of amides is 1. The largest absolute Gasteiger partial charge is 0.470 e. The molecule has 0 aromatic carbocycles. The monoisotopic (exact) mass is 252 g/mol. The van der Waals surface area contributed by atoms with Crippen molar-refractivity contribution in [2.75, 3.05) is 31.1 Å². The molecule has 0 bridgehead atoms. The molecule has 0 unspecified atom stereocenters. The van der Waals surface area contributed by atoms with Crippen LogP contribution in [0.1, 0.15) is 20.8 Å². The molecule has 2 rings (SSSR count). The molecule has 5 heteroatoms. The van der Waals surface area contributed by atoms with Crippen molar-refractivity contribution in [2.45, 2.75) is 26.4 Å². The highest BCUT2D eigenvalue weighted by Crippen LogP contribution is 2.18.